The smallest absolute Gasteiger partial charge is 0.335 e. The lowest BCUT2D eigenvalue weighted by molar-refractivity contribution is 0.0696. The van der Waals surface area contributed by atoms with Gasteiger partial charge in [-0.05, 0) is 72.5 Å². The van der Waals surface area contributed by atoms with Crippen LogP contribution in [0.5, 0.6) is 17.2 Å². The number of methoxy groups -OCH3 is 1. The molecule has 27 heavy (non-hydrogen) atoms. The molecule has 0 spiro atoms. The fraction of sp³-hybridized carbons (Fsp3) is 0.136. The molecule has 3 aromatic carbocycles. The monoisotopic (exact) mass is 363 g/mol. The first kappa shape index (κ1) is 18.3. The lowest BCUT2D eigenvalue weighted by Crippen LogP contribution is -1.99. The van der Waals surface area contributed by atoms with Crippen molar-refractivity contribution in [2.24, 2.45) is 0 Å². The number of carboxylic acid groups (broad SMARTS) is 1. The molecular formula is C22H21NO4. The van der Waals surface area contributed by atoms with Crippen LogP contribution in [0.2, 0.25) is 0 Å². The summed E-state index contributed by atoms with van der Waals surface area (Å²) in [6.45, 7) is 0. The molecule has 0 radical (unpaired) electrons. The van der Waals surface area contributed by atoms with E-state index >= 15 is 0 Å². The highest BCUT2D eigenvalue weighted by Gasteiger charge is 2.07. The summed E-state index contributed by atoms with van der Waals surface area (Å²) in [7, 11) is 1.61. The number of hydrogen-bond donors (Lipinski definition) is 2. The minimum Gasteiger partial charge on any atom is -0.497 e. The fourth-order valence-electron chi connectivity index (χ4n) is 2.74. The number of carboxylic acids is 1. The van der Waals surface area contributed by atoms with E-state index in [2.05, 4.69) is 0 Å². The van der Waals surface area contributed by atoms with Crippen LogP contribution in [0.3, 0.4) is 0 Å². The average Bonchev–Trinajstić information content (AvgIpc) is 2.69. The van der Waals surface area contributed by atoms with Crippen molar-refractivity contribution >= 4 is 11.7 Å². The van der Waals surface area contributed by atoms with Gasteiger partial charge in [-0.2, -0.15) is 0 Å². The lowest BCUT2D eigenvalue weighted by Gasteiger charge is -2.11. The number of benzene rings is 3. The molecule has 3 aromatic rings. The molecule has 0 aliphatic heterocycles. The maximum absolute atomic E-state index is 11.1. The van der Waals surface area contributed by atoms with Gasteiger partial charge in [0, 0.05) is 0 Å². The van der Waals surface area contributed by atoms with Crippen molar-refractivity contribution in [2.45, 2.75) is 12.8 Å². The Morgan fingerprint density at radius 2 is 1.59 bits per heavy atom. The molecule has 0 saturated carbocycles. The summed E-state index contributed by atoms with van der Waals surface area (Å²) in [4.78, 5) is 11.1. The van der Waals surface area contributed by atoms with Crippen molar-refractivity contribution in [3.8, 4) is 17.2 Å². The predicted octanol–water partition coefficient (Wildman–Crippen LogP) is 4.55. The van der Waals surface area contributed by atoms with E-state index in [1.54, 1.807) is 25.3 Å². The number of carbonyl (C=O) groups is 1. The molecular weight excluding hydrogens is 342 g/mol. The highest BCUT2D eigenvalue weighted by molar-refractivity contribution is 5.87. The van der Waals surface area contributed by atoms with Crippen molar-refractivity contribution in [1.29, 1.82) is 0 Å². The zero-order valence-electron chi connectivity index (χ0n) is 15.0. The van der Waals surface area contributed by atoms with Crippen molar-refractivity contribution in [3.63, 3.8) is 0 Å². The highest BCUT2D eigenvalue weighted by atomic mass is 16.5. The minimum atomic E-state index is -0.917. The van der Waals surface area contributed by atoms with Crippen LogP contribution < -0.4 is 15.2 Å². The number of nitrogens with two attached hydrogens (primary N) is 1. The lowest BCUT2D eigenvalue weighted by atomic mass is 10.0. The number of anilines is 1. The van der Waals surface area contributed by atoms with E-state index in [-0.39, 0.29) is 0 Å². The molecule has 5 nitrogen and oxygen atoms in total. The van der Waals surface area contributed by atoms with Gasteiger partial charge in [0.1, 0.15) is 11.5 Å². The number of aromatic carboxylic acids is 1. The molecule has 138 valence electrons. The van der Waals surface area contributed by atoms with E-state index in [4.69, 9.17) is 20.3 Å². The predicted molar refractivity (Wildman–Crippen MR) is 105 cm³/mol. The maximum Gasteiger partial charge on any atom is 0.335 e. The fourth-order valence-corrected chi connectivity index (χ4v) is 2.74. The standard InChI is InChI=1S/C22H21NO4/c1-26-18-8-10-19(11-9-18)27-21-14-16(7-12-20(21)23)6-5-15-3-2-4-17(13-15)22(24)25/h2-4,7-14H,5-6,23H2,1H3,(H,24,25). The number of rotatable bonds is 7. The van der Waals surface area contributed by atoms with Crippen LogP contribution in [0.15, 0.2) is 66.7 Å². The maximum atomic E-state index is 11.1. The number of ether oxygens (including phenoxy) is 2. The number of hydrogen-bond acceptors (Lipinski definition) is 4. The molecule has 0 saturated heterocycles. The molecule has 0 atom stereocenters. The van der Waals surface area contributed by atoms with Gasteiger partial charge in [0.25, 0.3) is 0 Å². The van der Waals surface area contributed by atoms with Crippen LogP contribution >= 0.6 is 0 Å². The largest absolute Gasteiger partial charge is 0.497 e. The molecule has 0 heterocycles. The van der Waals surface area contributed by atoms with Gasteiger partial charge in [-0.1, -0.05) is 18.2 Å². The quantitative estimate of drug-likeness (QED) is 0.602. The summed E-state index contributed by atoms with van der Waals surface area (Å²) >= 11 is 0. The van der Waals surface area contributed by atoms with Crippen LogP contribution in [0, 0.1) is 0 Å². The van der Waals surface area contributed by atoms with Crippen molar-refractivity contribution < 1.29 is 19.4 Å². The first-order valence-electron chi connectivity index (χ1n) is 8.57. The molecule has 0 bridgehead atoms. The van der Waals surface area contributed by atoms with E-state index < -0.39 is 5.97 Å². The molecule has 0 aliphatic rings. The van der Waals surface area contributed by atoms with Gasteiger partial charge in [0.05, 0.1) is 18.4 Å². The Labute approximate surface area is 158 Å². The Hall–Kier alpha value is -3.47. The van der Waals surface area contributed by atoms with E-state index in [9.17, 15) is 4.79 Å². The van der Waals surface area contributed by atoms with Crippen molar-refractivity contribution in [1.82, 2.24) is 0 Å². The molecule has 0 aliphatic carbocycles. The third-order valence-electron chi connectivity index (χ3n) is 4.24. The van der Waals surface area contributed by atoms with Gasteiger partial charge in [-0.3, -0.25) is 0 Å². The average molecular weight is 363 g/mol. The van der Waals surface area contributed by atoms with Crippen LogP contribution in [0.1, 0.15) is 21.5 Å². The topological polar surface area (TPSA) is 81.8 Å². The van der Waals surface area contributed by atoms with E-state index in [0.29, 0.717) is 22.7 Å². The minimum absolute atomic E-state index is 0.299. The second-order valence-corrected chi connectivity index (χ2v) is 6.16. The Balaban J connectivity index is 1.71. The number of nitrogen functional groups attached to an aromatic ring is 1. The summed E-state index contributed by atoms with van der Waals surface area (Å²) in [5.41, 5.74) is 8.94. The Morgan fingerprint density at radius 1 is 0.926 bits per heavy atom. The van der Waals surface area contributed by atoms with Crippen LogP contribution in [0.25, 0.3) is 0 Å². The van der Waals surface area contributed by atoms with Gasteiger partial charge >= 0.3 is 5.97 Å². The van der Waals surface area contributed by atoms with E-state index in [1.807, 2.05) is 48.5 Å². The SMILES string of the molecule is COc1ccc(Oc2cc(CCc3cccc(C(=O)O)c3)ccc2N)cc1. The summed E-state index contributed by atoms with van der Waals surface area (Å²) in [6, 6.07) is 20.0. The molecule has 3 rings (SSSR count). The molecule has 0 fully saturated rings. The van der Waals surface area contributed by atoms with Crippen LogP contribution in [-0.2, 0) is 12.8 Å². The third-order valence-corrected chi connectivity index (χ3v) is 4.24. The van der Waals surface area contributed by atoms with Gasteiger partial charge in [-0.15, -0.1) is 0 Å². The van der Waals surface area contributed by atoms with Crippen LogP contribution in [0.4, 0.5) is 5.69 Å². The molecule has 0 unspecified atom stereocenters. The molecule has 3 N–H and O–H groups in total. The summed E-state index contributed by atoms with van der Waals surface area (Å²) in [5.74, 6) is 1.11. The zero-order chi connectivity index (χ0) is 19.2. The van der Waals surface area contributed by atoms with Gasteiger partial charge < -0.3 is 20.3 Å². The first-order chi connectivity index (χ1) is 13.0. The van der Waals surface area contributed by atoms with Crippen molar-refractivity contribution in [2.75, 3.05) is 12.8 Å². The van der Waals surface area contributed by atoms with E-state index in [1.165, 1.54) is 0 Å². The second-order valence-electron chi connectivity index (χ2n) is 6.16. The first-order valence-corrected chi connectivity index (χ1v) is 8.57. The Kier molecular flexibility index (Phi) is 5.61. The highest BCUT2D eigenvalue weighted by Crippen LogP contribution is 2.30. The molecule has 5 heteroatoms. The number of aryl methyl sites for hydroxylation is 2. The zero-order valence-corrected chi connectivity index (χ0v) is 15.0. The second kappa shape index (κ2) is 8.27. The van der Waals surface area contributed by atoms with Gasteiger partial charge in [0.2, 0.25) is 0 Å². The summed E-state index contributed by atoms with van der Waals surface area (Å²) in [5, 5.41) is 9.10. The van der Waals surface area contributed by atoms with Crippen LogP contribution in [-0.4, -0.2) is 18.2 Å². The van der Waals surface area contributed by atoms with Gasteiger partial charge in [0.15, 0.2) is 5.75 Å². The summed E-state index contributed by atoms with van der Waals surface area (Å²) < 4.78 is 11.0. The summed E-state index contributed by atoms with van der Waals surface area (Å²) in [6.07, 6.45) is 1.48. The van der Waals surface area contributed by atoms with Gasteiger partial charge in [-0.25, -0.2) is 4.79 Å². The normalized spacial score (nSPS) is 10.4. The molecule has 0 amide bonds. The third kappa shape index (κ3) is 4.79. The van der Waals surface area contributed by atoms with Crippen molar-refractivity contribution in [3.05, 3.63) is 83.4 Å². The molecule has 0 aromatic heterocycles. The Morgan fingerprint density at radius 3 is 2.26 bits per heavy atom. The van der Waals surface area contributed by atoms with E-state index in [0.717, 1.165) is 29.7 Å². The Bertz CT molecular complexity index is 935.